The van der Waals surface area contributed by atoms with Crippen LogP contribution in [-0.2, 0) is 0 Å². The van der Waals surface area contributed by atoms with Crippen LogP contribution in [0.25, 0.3) is 226 Å². The molecular formula is C100H58S2. The van der Waals surface area contributed by atoms with E-state index < -0.39 is 0 Å². The second-order valence-corrected chi connectivity index (χ2v) is 29.6. The summed E-state index contributed by atoms with van der Waals surface area (Å²) in [6, 6.07) is 133. The molecule has 0 radical (unpaired) electrons. The Bertz CT molecular complexity index is 7250. The van der Waals surface area contributed by atoms with Crippen molar-refractivity contribution in [2.75, 3.05) is 0 Å². The first-order valence-electron chi connectivity index (χ1n) is 35.3. The molecule has 22 rings (SSSR count). The molecule has 2 heteroatoms. The Morgan fingerprint density at radius 3 is 0.990 bits per heavy atom. The Hall–Kier alpha value is -12.6. The molecule has 0 atom stereocenters. The maximum absolute atomic E-state index is 2.50. The highest BCUT2D eigenvalue weighted by atomic mass is 32.1. The number of benzene rings is 20. The molecule has 0 saturated heterocycles. The zero-order valence-corrected chi connectivity index (χ0v) is 56.9. The molecule has 0 unspecified atom stereocenters. The van der Waals surface area contributed by atoms with Crippen LogP contribution >= 0.6 is 22.7 Å². The van der Waals surface area contributed by atoms with Gasteiger partial charge in [-0.25, -0.2) is 0 Å². The summed E-state index contributed by atoms with van der Waals surface area (Å²) in [7, 11) is 0. The van der Waals surface area contributed by atoms with Gasteiger partial charge >= 0.3 is 0 Å². The average molecular weight is 1320 g/mol. The van der Waals surface area contributed by atoms with Gasteiger partial charge in [-0.1, -0.05) is 309 Å². The van der Waals surface area contributed by atoms with E-state index in [0.717, 1.165) is 0 Å². The maximum atomic E-state index is 2.50. The predicted molar refractivity (Wildman–Crippen MR) is 445 cm³/mol. The third-order valence-electron chi connectivity index (χ3n) is 22.2. The van der Waals surface area contributed by atoms with Crippen molar-refractivity contribution in [1.29, 1.82) is 0 Å². The van der Waals surface area contributed by atoms with Crippen molar-refractivity contribution in [3.63, 3.8) is 0 Å². The summed E-state index contributed by atoms with van der Waals surface area (Å²) in [4.78, 5) is 0. The van der Waals surface area contributed by atoms with E-state index in [1.54, 1.807) is 0 Å². The van der Waals surface area contributed by atoms with E-state index in [-0.39, 0.29) is 0 Å². The summed E-state index contributed by atoms with van der Waals surface area (Å²) in [6.07, 6.45) is 0. The van der Waals surface area contributed by atoms with Crippen LogP contribution < -0.4 is 0 Å². The zero-order chi connectivity index (χ0) is 66.7. The Balaban J connectivity index is 0.637. The van der Waals surface area contributed by atoms with Crippen molar-refractivity contribution >= 4 is 171 Å². The van der Waals surface area contributed by atoms with E-state index in [1.165, 1.54) is 226 Å². The molecule has 20 aromatic carbocycles. The molecule has 22 aromatic rings. The highest BCUT2D eigenvalue weighted by Gasteiger charge is 2.24. The molecule has 0 N–H and O–H groups in total. The van der Waals surface area contributed by atoms with Crippen molar-refractivity contribution in [3.05, 3.63) is 352 Å². The molecule has 0 fully saturated rings. The Labute approximate surface area is 596 Å². The monoisotopic (exact) mass is 1320 g/mol. The minimum atomic E-state index is 1.20. The normalized spacial score (nSPS) is 12.1. The fourth-order valence-corrected chi connectivity index (χ4v) is 20.2. The first kappa shape index (κ1) is 57.4. The average Bonchev–Trinajstić information content (AvgIpc) is 1.53. The summed E-state index contributed by atoms with van der Waals surface area (Å²) < 4.78 is 5.28. The fourth-order valence-electron chi connectivity index (χ4n) is 17.7. The Morgan fingerprint density at radius 1 is 0.147 bits per heavy atom. The number of thiophene rings is 2. The number of rotatable bonds is 7. The second-order valence-electron chi connectivity index (χ2n) is 27.5. The highest BCUT2D eigenvalue weighted by Crippen LogP contribution is 2.52. The molecule has 0 aliphatic rings. The summed E-state index contributed by atoms with van der Waals surface area (Å²) in [5.74, 6) is 0. The largest absolute Gasteiger partial charge is 0.135 e. The Kier molecular flexibility index (Phi) is 12.6. The van der Waals surface area contributed by atoms with E-state index >= 15 is 0 Å². The van der Waals surface area contributed by atoms with Crippen molar-refractivity contribution < 1.29 is 0 Å². The van der Waals surface area contributed by atoms with E-state index in [0.29, 0.717) is 0 Å². The predicted octanol–water partition coefficient (Wildman–Crippen LogP) is 29.6. The summed E-state index contributed by atoms with van der Waals surface area (Å²) in [5.41, 5.74) is 17.3. The van der Waals surface area contributed by atoms with Gasteiger partial charge in [-0.3, -0.25) is 0 Å². The number of fused-ring (bicyclic) bond motifs is 22. The minimum absolute atomic E-state index is 1.20. The van der Waals surface area contributed by atoms with Crippen molar-refractivity contribution in [2.45, 2.75) is 0 Å². The molecule has 2 heterocycles. The molecule has 0 saturated carbocycles. The lowest BCUT2D eigenvalue weighted by Crippen LogP contribution is -1.91. The van der Waals surface area contributed by atoms with Crippen LogP contribution in [0, 0.1) is 0 Å². The van der Waals surface area contributed by atoms with Gasteiger partial charge in [-0.2, -0.15) is 0 Å². The van der Waals surface area contributed by atoms with Gasteiger partial charge in [0, 0.05) is 51.1 Å². The molecule has 0 amide bonds. The lowest BCUT2D eigenvalue weighted by Gasteiger charge is -2.18. The summed E-state index contributed by atoms with van der Waals surface area (Å²) >= 11 is 3.84. The standard InChI is InChI=1S/C100H58S2/c1-2-25-69-59(20-1)21-18-40-70(69)60-42-44-61(45-43-60)93-79-31-8-10-33-81(79)95(82-34-11-9-32-80(82)93)68-49-53-92-90(58-68)98-78-30-7-4-27-74(78)76-51-47-63(56-88(76)100(98)102-92)62-46-50-72-64(54-62)23-19-41-71(72)65-22-17-24-66(55-65)94-83-35-12-14-37-85(83)96(86-38-15-13-36-84(86)94)67-48-52-91-89(57-67)97-77-29-6-3-26-73(77)75-28-5-16-39-87(75)99(97)101-91/h1-58H. The molecule has 102 heavy (non-hydrogen) atoms. The van der Waals surface area contributed by atoms with Gasteiger partial charge in [0.15, 0.2) is 0 Å². The quantitative estimate of drug-likeness (QED) is 0.110. The molecule has 0 bridgehead atoms. The topological polar surface area (TPSA) is 0 Å². The molecule has 2 aromatic heterocycles. The first-order valence-corrected chi connectivity index (χ1v) is 36.9. The minimum Gasteiger partial charge on any atom is -0.135 e. The highest BCUT2D eigenvalue weighted by molar-refractivity contribution is 7.27. The van der Waals surface area contributed by atoms with Crippen molar-refractivity contribution in [2.24, 2.45) is 0 Å². The van der Waals surface area contributed by atoms with E-state index in [1.807, 2.05) is 22.7 Å². The Morgan fingerprint density at radius 2 is 0.461 bits per heavy atom. The summed E-state index contributed by atoms with van der Waals surface area (Å²) in [5, 5.41) is 30.7. The van der Waals surface area contributed by atoms with Crippen LogP contribution in [0.1, 0.15) is 0 Å². The zero-order valence-electron chi connectivity index (χ0n) is 55.3. The van der Waals surface area contributed by atoms with Crippen molar-refractivity contribution in [1.82, 2.24) is 0 Å². The van der Waals surface area contributed by atoms with Crippen LogP contribution in [0.4, 0.5) is 0 Å². The van der Waals surface area contributed by atoms with Crippen LogP contribution in [0.15, 0.2) is 352 Å². The van der Waals surface area contributed by atoms with Crippen molar-refractivity contribution in [3.8, 4) is 77.9 Å². The second kappa shape index (κ2) is 22.5. The van der Waals surface area contributed by atoms with Crippen LogP contribution in [-0.4, -0.2) is 0 Å². The van der Waals surface area contributed by atoms with E-state index in [2.05, 4.69) is 352 Å². The summed E-state index contributed by atoms with van der Waals surface area (Å²) in [6.45, 7) is 0. The van der Waals surface area contributed by atoms with Gasteiger partial charge in [0.1, 0.15) is 0 Å². The van der Waals surface area contributed by atoms with Gasteiger partial charge in [0.2, 0.25) is 0 Å². The lowest BCUT2D eigenvalue weighted by atomic mass is 9.85. The molecule has 470 valence electrons. The van der Waals surface area contributed by atoms with Gasteiger partial charge in [-0.05, 0) is 217 Å². The fraction of sp³-hybridized carbons (Fsp3) is 0. The molecule has 0 aliphatic carbocycles. The SMILES string of the molecule is c1cc(-c2cccc3cc(-c4ccc5c6ccccc6c6c7cc(-c8c9ccccc9c(-c9ccc(-c%10cccc%11ccccc%10%11)cc9)c9ccccc89)ccc7sc6c5c4)ccc23)cc(-c2c3ccccc3c(-c3ccc4sc5c6ccccc6c6ccccc6c5c4c3)c3ccccc23)c1. The van der Waals surface area contributed by atoms with Gasteiger partial charge in [-0.15, -0.1) is 22.7 Å². The van der Waals surface area contributed by atoms with Crippen LogP contribution in [0.5, 0.6) is 0 Å². The van der Waals surface area contributed by atoms with Crippen LogP contribution in [0.2, 0.25) is 0 Å². The van der Waals surface area contributed by atoms with E-state index in [9.17, 15) is 0 Å². The third-order valence-corrected chi connectivity index (χ3v) is 24.6. The van der Waals surface area contributed by atoms with Crippen LogP contribution in [0.3, 0.4) is 0 Å². The molecule has 0 nitrogen and oxygen atoms in total. The molecule has 0 aliphatic heterocycles. The molecule has 0 spiro atoms. The third kappa shape index (κ3) is 8.61. The smallest absolute Gasteiger partial charge is 0.0440 e. The van der Waals surface area contributed by atoms with Gasteiger partial charge < -0.3 is 0 Å². The first-order chi connectivity index (χ1) is 50.6. The number of hydrogen-bond donors (Lipinski definition) is 0. The lowest BCUT2D eigenvalue weighted by molar-refractivity contribution is 1.63. The number of hydrogen-bond acceptors (Lipinski definition) is 2. The maximum Gasteiger partial charge on any atom is 0.0440 e. The van der Waals surface area contributed by atoms with Gasteiger partial charge in [0.05, 0.1) is 0 Å². The molecular weight excluding hydrogens is 1270 g/mol. The van der Waals surface area contributed by atoms with Gasteiger partial charge in [0.25, 0.3) is 0 Å². The van der Waals surface area contributed by atoms with E-state index in [4.69, 9.17) is 0 Å².